The molecule has 382 valence electrons. The van der Waals surface area contributed by atoms with Gasteiger partial charge in [-0.15, -0.1) is 0 Å². The molecule has 6 heteroatoms. The number of esters is 1. The van der Waals surface area contributed by atoms with Crippen LogP contribution in [0.4, 0.5) is 0 Å². The van der Waals surface area contributed by atoms with E-state index in [9.17, 15) is 19.8 Å². The van der Waals surface area contributed by atoms with Gasteiger partial charge in [-0.05, 0) is 83.5 Å². The van der Waals surface area contributed by atoms with Crippen molar-refractivity contribution in [2.75, 3.05) is 13.2 Å². The van der Waals surface area contributed by atoms with Crippen LogP contribution in [0, 0.1) is 0 Å². The summed E-state index contributed by atoms with van der Waals surface area (Å²) < 4.78 is 5.45. The Bertz CT molecular complexity index is 1060. The highest BCUT2D eigenvalue weighted by molar-refractivity contribution is 5.76. The second kappa shape index (κ2) is 54.7. The predicted octanol–water partition coefficient (Wildman–Crippen LogP) is 17.6. The van der Waals surface area contributed by atoms with Gasteiger partial charge in [0.2, 0.25) is 5.91 Å². The minimum Gasteiger partial charge on any atom is -0.466 e. The molecule has 2 atom stereocenters. The summed E-state index contributed by atoms with van der Waals surface area (Å²) in [6, 6.07) is -0.654. The molecule has 0 aromatic carbocycles. The second-order valence-corrected chi connectivity index (χ2v) is 19.6. The monoisotopic (exact) mass is 914 g/mol. The van der Waals surface area contributed by atoms with Crippen LogP contribution in [0.1, 0.15) is 303 Å². The van der Waals surface area contributed by atoms with E-state index in [-0.39, 0.29) is 18.5 Å². The Hall–Kier alpha value is -1.92. The lowest BCUT2D eigenvalue weighted by atomic mass is 10.0. The number of hydrogen-bond donors (Lipinski definition) is 3. The fraction of sp³-hybridized carbons (Fsp3) is 0.864. The van der Waals surface area contributed by atoms with Crippen molar-refractivity contribution in [2.24, 2.45) is 0 Å². The molecule has 0 saturated heterocycles. The maximum Gasteiger partial charge on any atom is 0.305 e. The first-order valence-corrected chi connectivity index (χ1v) is 28.8. The summed E-state index contributed by atoms with van der Waals surface area (Å²) in [6.45, 7) is 4.82. The number of nitrogens with one attached hydrogen (secondary N) is 1. The quantitative estimate of drug-likeness (QED) is 0.0321. The summed E-state index contributed by atoms with van der Waals surface area (Å²) in [6.07, 6.45) is 67.4. The first-order chi connectivity index (χ1) is 32.0. The first-order valence-electron chi connectivity index (χ1n) is 28.8. The van der Waals surface area contributed by atoms with Gasteiger partial charge in [0.25, 0.3) is 0 Å². The number of carbonyl (C=O) groups is 2. The molecule has 0 rings (SSSR count). The van der Waals surface area contributed by atoms with Crippen molar-refractivity contribution in [3.05, 3.63) is 36.5 Å². The van der Waals surface area contributed by atoms with E-state index in [4.69, 9.17) is 4.74 Å². The molecule has 2 unspecified atom stereocenters. The van der Waals surface area contributed by atoms with E-state index in [1.54, 1.807) is 6.08 Å². The molecule has 0 aliphatic rings. The minimum absolute atomic E-state index is 0.0411. The van der Waals surface area contributed by atoms with Crippen molar-refractivity contribution < 1.29 is 24.5 Å². The molecule has 0 aromatic heterocycles. The zero-order chi connectivity index (χ0) is 47.2. The summed E-state index contributed by atoms with van der Waals surface area (Å²) in [5.41, 5.74) is 0. The van der Waals surface area contributed by atoms with Gasteiger partial charge in [-0.2, -0.15) is 0 Å². The van der Waals surface area contributed by atoms with Crippen LogP contribution in [0.25, 0.3) is 0 Å². The Morgan fingerprint density at radius 1 is 0.415 bits per heavy atom. The lowest BCUT2D eigenvalue weighted by molar-refractivity contribution is -0.143. The number of amides is 1. The molecule has 0 bridgehead atoms. The van der Waals surface area contributed by atoms with E-state index in [0.29, 0.717) is 19.4 Å². The maximum absolute atomic E-state index is 12.5. The highest BCUT2D eigenvalue weighted by Gasteiger charge is 2.18. The van der Waals surface area contributed by atoms with Gasteiger partial charge >= 0.3 is 5.97 Å². The van der Waals surface area contributed by atoms with Crippen LogP contribution in [0.3, 0.4) is 0 Å². The fourth-order valence-corrected chi connectivity index (χ4v) is 8.68. The van der Waals surface area contributed by atoms with Crippen LogP contribution >= 0.6 is 0 Å². The Kier molecular flexibility index (Phi) is 53.1. The van der Waals surface area contributed by atoms with E-state index in [2.05, 4.69) is 43.5 Å². The summed E-state index contributed by atoms with van der Waals surface area (Å²) in [7, 11) is 0. The van der Waals surface area contributed by atoms with Crippen molar-refractivity contribution >= 4 is 11.9 Å². The van der Waals surface area contributed by atoms with Gasteiger partial charge in [0.05, 0.1) is 25.4 Å². The summed E-state index contributed by atoms with van der Waals surface area (Å²) >= 11 is 0. The molecule has 0 saturated carbocycles. The van der Waals surface area contributed by atoms with E-state index in [1.807, 2.05) is 6.08 Å². The maximum atomic E-state index is 12.5. The van der Waals surface area contributed by atoms with Crippen molar-refractivity contribution in [3.63, 3.8) is 0 Å². The average Bonchev–Trinajstić information content (AvgIpc) is 3.31. The molecule has 0 spiro atoms. The van der Waals surface area contributed by atoms with E-state index in [1.165, 1.54) is 199 Å². The molecular formula is C59H111NO5. The Morgan fingerprint density at radius 3 is 1.09 bits per heavy atom. The number of allylic oxidation sites excluding steroid dienone is 5. The third kappa shape index (κ3) is 51.3. The molecule has 0 aliphatic carbocycles. The Morgan fingerprint density at radius 2 is 0.723 bits per heavy atom. The number of rotatable bonds is 53. The van der Waals surface area contributed by atoms with E-state index < -0.39 is 12.1 Å². The zero-order valence-corrected chi connectivity index (χ0v) is 43.5. The Balaban J connectivity index is 3.54. The van der Waals surface area contributed by atoms with Gasteiger partial charge in [0.15, 0.2) is 0 Å². The van der Waals surface area contributed by atoms with E-state index >= 15 is 0 Å². The van der Waals surface area contributed by atoms with E-state index in [0.717, 1.165) is 77.0 Å². The topological polar surface area (TPSA) is 95.9 Å². The average molecular weight is 915 g/mol. The van der Waals surface area contributed by atoms with Gasteiger partial charge in [-0.25, -0.2) is 0 Å². The number of hydrogen-bond acceptors (Lipinski definition) is 5. The third-order valence-corrected chi connectivity index (χ3v) is 13.1. The predicted molar refractivity (Wildman–Crippen MR) is 283 cm³/mol. The lowest BCUT2D eigenvalue weighted by Crippen LogP contribution is -2.45. The van der Waals surface area contributed by atoms with Crippen LogP contribution in [-0.2, 0) is 14.3 Å². The molecule has 0 radical (unpaired) electrons. The van der Waals surface area contributed by atoms with Crippen LogP contribution in [0.5, 0.6) is 0 Å². The highest BCUT2D eigenvalue weighted by Crippen LogP contribution is 2.16. The molecule has 0 fully saturated rings. The SMILES string of the molecule is CCCCCCCCC/C=C\CCCCCCCCCC(=O)OCCCC/C=C\CCCCCCC(=O)NC(CO)C(O)/C=C/CCCCCCCCCCCCCCCCCCCC. The summed E-state index contributed by atoms with van der Waals surface area (Å²) in [4.78, 5) is 24.5. The smallest absolute Gasteiger partial charge is 0.305 e. The van der Waals surface area contributed by atoms with Gasteiger partial charge in [-0.3, -0.25) is 9.59 Å². The van der Waals surface area contributed by atoms with Crippen LogP contribution < -0.4 is 5.32 Å². The van der Waals surface area contributed by atoms with Gasteiger partial charge in [0, 0.05) is 12.8 Å². The Labute approximate surface area is 404 Å². The summed E-state index contributed by atoms with van der Waals surface area (Å²) in [5.74, 6) is -0.143. The zero-order valence-electron chi connectivity index (χ0n) is 43.5. The number of unbranched alkanes of at least 4 members (excludes halogenated alkanes) is 38. The molecular weight excluding hydrogens is 803 g/mol. The largest absolute Gasteiger partial charge is 0.466 e. The molecule has 6 nitrogen and oxygen atoms in total. The highest BCUT2D eigenvalue weighted by atomic mass is 16.5. The van der Waals surface area contributed by atoms with Gasteiger partial charge in [0.1, 0.15) is 0 Å². The van der Waals surface area contributed by atoms with Crippen LogP contribution in [0.2, 0.25) is 0 Å². The molecule has 3 N–H and O–H groups in total. The second-order valence-electron chi connectivity index (χ2n) is 19.6. The standard InChI is InChI=1S/C59H111NO5/c1-3-5-7-9-11-13-15-17-19-21-23-24-25-27-29-31-35-39-43-47-51-57(62)56(55-61)60-58(63)52-48-44-40-36-33-34-38-42-46-50-54-65-59(64)53-49-45-41-37-32-30-28-26-22-20-18-16-14-12-10-8-6-4-2/h20,22,34,38,47,51,56-57,61-62H,3-19,21,23-33,35-37,39-46,48-50,52-55H2,1-2H3,(H,60,63)/b22-20-,38-34-,51-47+. The lowest BCUT2D eigenvalue weighted by Gasteiger charge is -2.20. The number of ether oxygens (including phenoxy) is 1. The van der Waals surface area contributed by atoms with Crippen molar-refractivity contribution in [1.29, 1.82) is 0 Å². The van der Waals surface area contributed by atoms with Crippen molar-refractivity contribution in [1.82, 2.24) is 5.32 Å². The third-order valence-electron chi connectivity index (χ3n) is 13.1. The van der Waals surface area contributed by atoms with Crippen LogP contribution in [-0.4, -0.2) is 47.4 Å². The van der Waals surface area contributed by atoms with Gasteiger partial charge in [-0.1, -0.05) is 243 Å². The molecule has 1 amide bonds. The fourth-order valence-electron chi connectivity index (χ4n) is 8.68. The van der Waals surface area contributed by atoms with Crippen molar-refractivity contribution in [2.45, 2.75) is 315 Å². The van der Waals surface area contributed by atoms with Crippen molar-refractivity contribution in [3.8, 4) is 0 Å². The number of carbonyl (C=O) groups excluding carboxylic acids is 2. The summed E-state index contributed by atoms with van der Waals surface area (Å²) in [5, 5.41) is 23.1. The van der Waals surface area contributed by atoms with Crippen LogP contribution in [0.15, 0.2) is 36.5 Å². The minimum atomic E-state index is -0.867. The number of aliphatic hydroxyl groups excluding tert-OH is 2. The van der Waals surface area contributed by atoms with Gasteiger partial charge < -0.3 is 20.3 Å². The first kappa shape index (κ1) is 63.1. The molecule has 0 aromatic rings. The number of aliphatic hydroxyl groups is 2. The normalized spacial score (nSPS) is 12.9. The molecule has 65 heavy (non-hydrogen) atoms. The molecule has 0 aliphatic heterocycles. The molecule has 0 heterocycles.